The van der Waals surface area contributed by atoms with Crippen molar-refractivity contribution >= 4 is 33.3 Å². The van der Waals surface area contributed by atoms with Crippen LogP contribution in [-0.4, -0.2) is 39.2 Å². The smallest absolute Gasteiger partial charge is 0.338 e. The highest BCUT2D eigenvalue weighted by Crippen LogP contribution is 2.23. The van der Waals surface area contributed by atoms with Crippen molar-refractivity contribution in [1.82, 2.24) is 0 Å². The molecule has 1 amide bonds. The summed E-state index contributed by atoms with van der Waals surface area (Å²) in [6, 6.07) is 10.7. The van der Waals surface area contributed by atoms with E-state index in [0.717, 1.165) is 16.1 Å². The Balaban J connectivity index is 2.26. The van der Waals surface area contributed by atoms with Gasteiger partial charge in [-0.3, -0.25) is 9.10 Å². The average molecular weight is 419 g/mol. The Morgan fingerprint density at radius 1 is 1.10 bits per heavy atom. The first-order valence-electron chi connectivity index (χ1n) is 9.19. The number of carbonyl (C=O) groups excluding carboxylic acids is 2. The number of ether oxygens (including phenoxy) is 1. The van der Waals surface area contributed by atoms with E-state index in [9.17, 15) is 18.0 Å². The summed E-state index contributed by atoms with van der Waals surface area (Å²) in [5, 5.41) is 2.74. The number of sulfonamides is 1. The minimum atomic E-state index is -3.69. The number of anilines is 2. The van der Waals surface area contributed by atoms with Gasteiger partial charge in [-0.2, -0.15) is 0 Å². The summed E-state index contributed by atoms with van der Waals surface area (Å²) >= 11 is 0. The van der Waals surface area contributed by atoms with Gasteiger partial charge in [0.25, 0.3) is 0 Å². The van der Waals surface area contributed by atoms with Crippen molar-refractivity contribution in [2.24, 2.45) is 0 Å². The first kappa shape index (κ1) is 22.4. The van der Waals surface area contributed by atoms with Gasteiger partial charge in [0.05, 0.1) is 24.1 Å². The van der Waals surface area contributed by atoms with Crippen LogP contribution in [0.25, 0.3) is 0 Å². The minimum Gasteiger partial charge on any atom is -0.462 e. The van der Waals surface area contributed by atoms with E-state index in [1.54, 1.807) is 56.3 Å². The Kier molecular flexibility index (Phi) is 7.02. The summed E-state index contributed by atoms with van der Waals surface area (Å²) in [5.74, 6) is -0.924. The Hall–Kier alpha value is -2.87. The van der Waals surface area contributed by atoms with Gasteiger partial charge in [0.1, 0.15) is 6.04 Å². The molecule has 2 aromatic rings. The lowest BCUT2D eigenvalue weighted by atomic mass is 10.1. The standard InChI is InChI=1S/C21H26N2O5S/c1-6-28-21(25)17-9-12-19(15(3)13-17)22-20(24)16(4)23(29(5,26)27)18-10-7-14(2)8-11-18/h7-13,16H,6H2,1-5H3,(H,22,24)/t16-/m1/s1. The van der Waals surface area contributed by atoms with Crippen LogP contribution in [0.1, 0.15) is 35.3 Å². The highest BCUT2D eigenvalue weighted by Gasteiger charge is 2.29. The molecule has 2 aromatic carbocycles. The molecule has 29 heavy (non-hydrogen) atoms. The molecule has 1 N–H and O–H groups in total. The predicted molar refractivity (Wildman–Crippen MR) is 114 cm³/mol. The molecule has 0 fully saturated rings. The molecule has 0 bridgehead atoms. The third-order valence-corrected chi connectivity index (χ3v) is 5.61. The molecule has 0 saturated heterocycles. The fourth-order valence-corrected chi connectivity index (χ4v) is 4.06. The van der Waals surface area contributed by atoms with Crippen molar-refractivity contribution in [2.45, 2.75) is 33.7 Å². The van der Waals surface area contributed by atoms with Crippen LogP contribution in [0.5, 0.6) is 0 Å². The van der Waals surface area contributed by atoms with E-state index in [-0.39, 0.29) is 6.61 Å². The second-order valence-corrected chi connectivity index (χ2v) is 8.67. The topological polar surface area (TPSA) is 92.8 Å². The number of aryl methyl sites for hydroxylation is 2. The van der Waals surface area contributed by atoms with E-state index in [1.807, 2.05) is 6.92 Å². The number of rotatable bonds is 7. The summed E-state index contributed by atoms with van der Waals surface area (Å²) in [6.07, 6.45) is 1.07. The van der Waals surface area contributed by atoms with Crippen molar-refractivity contribution < 1.29 is 22.7 Å². The van der Waals surface area contributed by atoms with Crippen LogP contribution in [0, 0.1) is 13.8 Å². The molecular formula is C21H26N2O5S. The van der Waals surface area contributed by atoms with Gasteiger partial charge in [0.15, 0.2) is 0 Å². The van der Waals surface area contributed by atoms with Gasteiger partial charge in [-0.15, -0.1) is 0 Å². The monoisotopic (exact) mass is 418 g/mol. The van der Waals surface area contributed by atoms with E-state index in [1.165, 1.54) is 6.92 Å². The Morgan fingerprint density at radius 3 is 2.24 bits per heavy atom. The molecular weight excluding hydrogens is 392 g/mol. The number of nitrogens with one attached hydrogen (secondary N) is 1. The summed E-state index contributed by atoms with van der Waals surface area (Å²) in [5.41, 5.74) is 2.93. The number of nitrogens with zero attached hydrogens (tertiary/aromatic N) is 1. The predicted octanol–water partition coefficient (Wildman–Crippen LogP) is 3.27. The molecule has 0 unspecified atom stereocenters. The number of hydrogen-bond acceptors (Lipinski definition) is 5. The van der Waals surface area contributed by atoms with Crippen molar-refractivity contribution in [1.29, 1.82) is 0 Å². The summed E-state index contributed by atoms with van der Waals surface area (Å²) < 4.78 is 30.8. The van der Waals surface area contributed by atoms with E-state index in [2.05, 4.69) is 5.32 Å². The van der Waals surface area contributed by atoms with Crippen LogP contribution < -0.4 is 9.62 Å². The molecule has 0 saturated carbocycles. The molecule has 0 aliphatic heterocycles. The minimum absolute atomic E-state index is 0.272. The molecule has 2 rings (SSSR count). The van der Waals surface area contributed by atoms with Gasteiger partial charge in [-0.25, -0.2) is 13.2 Å². The number of carbonyl (C=O) groups is 2. The second-order valence-electron chi connectivity index (χ2n) is 6.81. The van der Waals surface area contributed by atoms with Crippen LogP contribution >= 0.6 is 0 Å². The van der Waals surface area contributed by atoms with Crippen LogP contribution in [0.2, 0.25) is 0 Å². The van der Waals surface area contributed by atoms with Crippen LogP contribution in [0.4, 0.5) is 11.4 Å². The van der Waals surface area contributed by atoms with Gasteiger partial charge in [0, 0.05) is 5.69 Å². The average Bonchev–Trinajstić information content (AvgIpc) is 2.64. The molecule has 8 heteroatoms. The maximum absolute atomic E-state index is 12.8. The zero-order chi connectivity index (χ0) is 21.8. The normalized spacial score (nSPS) is 12.2. The molecule has 0 spiro atoms. The fraction of sp³-hybridized carbons (Fsp3) is 0.333. The molecule has 0 aliphatic rings. The maximum Gasteiger partial charge on any atom is 0.338 e. The fourth-order valence-electron chi connectivity index (χ4n) is 2.88. The van der Waals surface area contributed by atoms with Crippen LogP contribution in [0.15, 0.2) is 42.5 Å². The number of esters is 1. The second kappa shape index (κ2) is 9.09. The lowest BCUT2D eigenvalue weighted by molar-refractivity contribution is -0.116. The molecule has 7 nitrogen and oxygen atoms in total. The van der Waals surface area contributed by atoms with Gasteiger partial charge in [-0.1, -0.05) is 17.7 Å². The van der Waals surface area contributed by atoms with Gasteiger partial charge >= 0.3 is 5.97 Å². The van der Waals surface area contributed by atoms with Gasteiger partial charge in [0.2, 0.25) is 15.9 Å². The zero-order valence-corrected chi connectivity index (χ0v) is 18.0. The summed E-state index contributed by atoms with van der Waals surface area (Å²) in [6.45, 7) is 7.17. The van der Waals surface area contributed by atoms with Crippen molar-refractivity contribution in [3.05, 3.63) is 59.2 Å². The van der Waals surface area contributed by atoms with Gasteiger partial charge < -0.3 is 10.1 Å². The van der Waals surface area contributed by atoms with Crippen molar-refractivity contribution in [2.75, 3.05) is 22.5 Å². The van der Waals surface area contributed by atoms with E-state index in [0.29, 0.717) is 22.5 Å². The summed E-state index contributed by atoms with van der Waals surface area (Å²) in [7, 11) is -3.69. The third-order valence-electron chi connectivity index (χ3n) is 4.37. The van der Waals surface area contributed by atoms with E-state index >= 15 is 0 Å². The van der Waals surface area contributed by atoms with Crippen molar-refractivity contribution in [3.63, 3.8) is 0 Å². The molecule has 0 radical (unpaired) electrons. The molecule has 0 aromatic heterocycles. The SMILES string of the molecule is CCOC(=O)c1ccc(NC(=O)[C@@H](C)N(c2ccc(C)cc2)S(C)(=O)=O)c(C)c1. The van der Waals surface area contributed by atoms with E-state index < -0.39 is 27.9 Å². The first-order chi connectivity index (χ1) is 13.5. The molecule has 0 aliphatic carbocycles. The molecule has 1 atom stereocenters. The molecule has 0 heterocycles. The Bertz CT molecular complexity index is 1000. The highest BCUT2D eigenvalue weighted by molar-refractivity contribution is 7.92. The Labute approximate surface area is 171 Å². The Morgan fingerprint density at radius 2 is 1.72 bits per heavy atom. The van der Waals surface area contributed by atoms with E-state index in [4.69, 9.17) is 4.74 Å². The van der Waals surface area contributed by atoms with Crippen LogP contribution in [0.3, 0.4) is 0 Å². The highest BCUT2D eigenvalue weighted by atomic mass is 32.2. The largest absolute Gasteiger partial charge is 0.462 e. The lowest BCUT2D eigenvalue weighted by Crippen LogP contribution is -2.45. The first-order valence-corrected chi connectivity index (χ1v) is 11.0. The van der Waals surface area contributed by atoms with Crippen molar-refractivity contribution in [3.8, 4) is 0 Å². The summed E-state index contributed by atoms with van der Waals surface area (Å²) in [4.78, 5) is 24.6. The molecule has 156 valence electrons. The third kappa shape index (κ3) is 5.57. The zero-order valence-electron chi connectivity index (χ0n) is 17.2. The number of benzene rings is 2. The number of amides is 1. The quantitative estimate of drug-likeness (QED) is 0.697. The van der Waals surface area contributed by atoms with Crippen LogP contribution in [-0.2, 0) is 19.6 Å². The van der Waals surface area contributed by atoms with Gasteiger partial charge in [-0.05, 0) is 63.6 Å². The lowest BCUT2D eigenvalue weighted by Gasteiger charge is -2.28. The number of hydrogen-bond donors (Lipinski definition) is 1. The maximum atomic E-state index is 12.8.